The van der Waals surface area contributed by atoms with E-state index in [9.17, 15) is 4.79 Å². The van der Waals surface area contributed by atoms with Crippen molar-refractivity contribution in [1.82, 2.24) is 45.0 Å². The van der Waals surface area contributed by atoms with Gasteiger partial charge >= 0.3 is 0 Å². The smallest absolute Gasteiger partial charge is 0.225 e. The van der Waals surface area contributed by atoms with Gasteiger partial charge in [0, 0.05) is 37.4 Å². The molecule has 3 aromatic heterocycles. The van der Waals surface area contributed by atoms with Crippen LogP contribution in [0.4, 0.5) is 5.95 Å². The molecule has 6 rings (SSSR count). The predicted molar refractivity (Wildman–Crippen MR) is 156 cm³/mol. The number of hydrogen-bond donors (Lipinski definition) is 2. The van der Waals surface area contributed by atoms with Gasteiger partial charge in [-0.25, -0.2) is 4.98 Å². The van der Waals surface area contributed by atoms with Crippen LogP contribution in [0.15, 0.2) is 42.9 Å². The van der Waals surface area contributed by atoms with Gasteiger partial charge in [-0.2, -0.15) is 14.8 Å². The van der Waals surface area contributed by atoms with Crippen LogP contribution >= 0.6 is 0 Å². The van der Waals surface area contributed by atoms with E-state index in [2.05, 4.69) is 43.0 Å². The molecule has 0 radical (unpaired) electrons. The molecule has 1 aliphatic heterocycles. The number of methoxy groups -OCH3 is 1. The van der Waals surface area contributed by atoms with Crippen molar-refractivity contribution in [3.63, 3.8) is 0 Å². The lowest BCUT2D eigenvalue weighted by molar-refractivity contribution is -0.125. The molecule has 0 bridgehead atoms. The van der Waals surface area contributed by atoms with Gasteiger partial charge in [-0.05, 0) is 75.9 Å². The van der Waals surface area contributed by atoms with Gasteiger partial charge in [0.25, 0.3) is 0 Å². The molecule has 1 saturated carbocycles. The molecular formula is C29H38N10O2. The maximum atomic E-state index is 12.8. The quantitative estimate of drug-likeness (QED) is 0.302. The van der Waals surface area contributed by atoms with E-state index in [0.717, 1.165) is 68.6 Å². The standard InChI is InChI=1S/C29H38N10O2/c1-37-11-9-20(10-12-37)16-30-28(40)22-3-6-24(15-22)33-29-31-18-26-27(34-29)39(36-35-26)25-7-4-21(5-8-25)23-17-32-38(19-23)13-14-41-2/h4-5,7-8,17-20,22,24H,3,6,9-16H2,1-2H3,(H,30,40)(H,31,33,34)/t22-,24-/m1/s1. The zero-order valence-corrected chi connectivity index (χ0v) is 23.7. The molecule has 1 amide bonds. The number of carbonyl (C=O) groups excluding carboxylic acids is 1. The normalized spacial score (nSPS) is 20.0. The number of anilines is 1. The number of hydrogen-bond acceptors (Lipinski definition) is 9. The Morgan fingerprint density at radius 1 is 1.07 bits per heavy atom. The molecule has 216 valence electrons. The van der Waals surface area contributed by atoms with Gasteiger partial charge in [-0.15, -0.1) is 5.10 Å². The Morgan fingerprint density at radius 2 is 1.90 bits per heavy atom. The lowest BCUT2D eigenvalue weighted by Gasteiger charge is -2.29. The second-order valence-electron chi connectivity index (χ2n) is 11.3. The van der Waals surface area contributed by atoms with Crippen molar-refractivity contribution in [3.8, 4) is 16.8 Å². The van der Waals surface area contributed by atoms with E-state index >= 15 is 0 Å². The van der Waals surface area contributed by atoms with Crippen LogP contribution in [0.1, 0.15) is 32.1 Å². The zero-order chi connectivity index (χ0) is 28.2. The summed E-state index contributed by atoms with van der Waals surface area (Å²) in [6, 6.07) is 8.22. The summed E-state index contributed by atoms with van der Waals surface area (Å²) in [5, 5.41) is 19.7. The molecule has 1 aliphatic carbocycles. The van der Waals surface area contributed by atoms with Crippen molar-refractivity contribution in [1.29, 1.82) is 0 Å². The Morgan fingerprint density at radius 3 is 2.71 bits per heavy atom. The monoisotopic (exact) mass is 558 g/mol. The summed E-state index contributed by atoms with van der Waals surface area (Å²) >= 11 is 0. The van der Waals surface area contributed by atoms with Crippen molar-refractivity contribution >= 4 is 23.0 Å². The van der Waals surface area contributed by atoms with Gasteiger partial charge < -0.3 is 20.3 Å². The first-order valence-corrected chi connectivity index (χ1v) is 14.5. The van der Waals surface area contributed by atoms with Gasteiger partial charge in [-0.1, -0.05) is 17.3 Å². The summed E-state index contributed by atoms with van der Waals surface area (Å²) < 4.78 is 8.73. The van der Waals surface area contributed by atoms with Crippen molar-refractivity contribution in [2.24, 2.45) is 11.8 Å². The third kappa shape index (κ3) is 6.38. The number of fused-ring (bicyclic) bond motifs is 1. The van der Waals surface area contributed by atoms with Gasteiger partial charge in [-0.3, -0.25) is 9.48 Å². The molecule has 4 aromatic rings. The lowest BCUT2D eigenvalue weighted by atomic mass is 9.96. The number of benzene rings is 1. The number of nitrogens with zero attached hydrogens (tertiary/aromatic N) is 8. The van der Waals surface area contributed by atoms with E-state index in [1.807, 2.05) is 41.3 Å². The fourth-order valence-electron chi connectivity index (χ4n) is 5.78. The third-order valence-electron chi connectivity index (χ3n) is 8.34. The molecule has 12 heteroatoms. The van der Waals surface area contributed by atoms with Crippen LogP contribution in [-0.4, -0.2) is 92.0 Å². The second-order valence-corrected chi connectivity index (χ2v) is 11.3. The average Bonchev–Trinajstić information content (AvgIpc) is 3.76. The first-order chi connectivity index (χ1) is 20.1. The molecule has 2 aliphatic rings. The molecule has 12 nitrogen and oxygen atoms in total. The molecule has 2 fully saturated rings. The number of carbonyl (C=O) groups is 1. The minimum Gasteiger partial charge on any atom is -0.383 e. The SMILES string of the molecule is COCCn1cc(-c2ccc(-n3nnc4cnc(N[C@@H]5CC[C@@H](C(=O)NCC6CCN(C)CC6)C5)nc43)cc2)cn1. The van der Waals surface area contributed by atoms with Crippen LogP contribution in [0.2, 0.25) is 0 Å². The minimum absolute atomic E-state index is 0.0280. The largest absolute Gasteiger partial charge is 0.383 e. The molecule has 41 heavy (non-hydrogen) atoms. The first-order valence-electron chi connectivity index (χ1n) is 14.5. The van der Waals surface area contributed by atoms with Gasteiger partial charge in [0.2, 0.25) is 11.9 Å². The Kier molecular flexibility index (Phi) is 8.19. The minimum atomic E-state index is 0.0280. The van der Waals surface area contributed by atoms with E-state index in [4.69, 9.17) is 9.72 Å². The third-order valence-corrected chi connectivity index (χ3v) is 8.34. The highest BCUT2D eigenvalue weighted by Gasteiger charge is 2.31. The maximum absolute atomic E-state index is 12.8. The number of amides is 1. The van der Waals surface area contributed by atoms with Crippen LogP contribution in [0, 0.1) is 11.8 Å². The molecule has 4 heterocycles. The molecule has 1 aromatic carbocycles. The number of ether oxygens (including phenoxy) is 1. The Hall–Kier alpha value is -3.90. The summed E-state index contributed by atoms with van der Waals surface area (Å²) in [6.45, 7) is 4.35. The van der Waals surface area contributed by atoms with E-state index in [0.29, 0.717) is 36.2 Å². The number of piperidine rings is 1. The molecule has 2 N–H and O–H groups in total. The Balaban J connectivity index is 1.07. The average molecular weight is 559 g/mol. The number of aromatic nitrogens is 7. The topological polar surface area (TPSA) is 128 Å². The Labute approximate surface area is 239 Å². The van der Waals surface area contributed by atoms with Crippen LogP contribution in [0.5, 0.6) is 0 Å². The number of likely N-dealkylation sites (tertiary alicyclic amines) is 1. The van der Waals surface area contributed by atoms with Crippen molar-refractivity contribution in [2.45, 2.75) is 44.7 Å². The summed E-state index contributed by atoms with van der Waals surface area (Å²) in [5.41, 5.74) is 4.21. The van der Waals surface area contributed by atoms with Crippen molar-refractivity contribution in [2.75, 3.05) is 45.7 Å². The number of rotatable bonds is 10. The van der Waals surface area contributed by atoms with Crippen LogP contribution < -0.4 is 10.6 Å². The van der Waals surface area contributed by atoms with Crippen LogP contribution in [-0.2, 0) is 16.1 Å². The van der Waals surface area contributed by atoms with Crippen LogP contribution in [0.25, 0.3) is 28.0 Å². The second kappa shape index (κ2) is 12.3. The fourth-order valence-corrected chi connectivity index (χ4v) is 5.78. The highest BCUT2D eigenvalue weighted by Crippen LogP contribution is 2.28. The summed E-state index contributed by atoms with van der Waals surface area (Å²) in [7, 11) is 3.84. The van der Waals surface area contributed by atoms with Gasteiger partial charge in [0.15, 0.2) is 11.2 Å². The van der Waals surface area contributed by atoms with E-state index in [-0.39, 0.29) is 17.9 Å². The lowest BCUT2D eigenvalue weighted by Crippen LogP contribution is -2.38. The summed E-state index contributed by atoms with van der Waals surface area (Å²) in [5.74, 6) is 1.32. The Bertz CT molecular complexity index is 1460. The van der Waals surface area contributed by atoms with Crippen molar-refractivity contribution < 1.29 is 9.53 Å². The van der Waals surface area contributed by atoms with E-state index in [1.54, 1.807) is 18.0 Å². The molecular weight excluding hydrogens is 520 g/mol. The highest BCUT2D eigenvalue weighted by atomic mass is 16.5. The van der Waals surface area contributed by atoms with Gasteiger partial charge in [0.1, 0.15) is 0 Å². The molecule has 0 unspecified atom stereocenters. The fraction of sp³-hybridized carbons (Fsp3) is 0.517. The summed E-state index contributed by atoms with van der Waals surface area (Å²) in [6.07, 6.45) is 10.4. The molecule has 1 saturated heterocycles. The number of nitrogens with one attached hydrogen (secondary N) is 2. The maximum Gasteiger partial charge on any atom is 0.225 e. The molecule has 2 atom stereocenters. The first kappa shape index (κ1) is 27.3. The molecule has 0 spiro atoms. The van der Waals surface area contributed by atoms with Gasteiger partial charge in [0.05, 0.1) is 31.2 Å². The highest BCUT2D eigenvalue weighted by molar-refractivity contribution is 5.79. The van der Waals surface area contributed by atoms with E-state index in [1.165, 1.54) is 0 Å². The predicted octanol–water partition coefficient (Wildman–Crippen LogP) is 2.76. The van der Waals surface area contributed by atoms with E-state index < -0.39 is 0 Å². The summed E-state index contributed by atoms with van der Waals surface area (Å²) in [4.78, 5) is 24.4. The zero-order valence-electron chi connectivity index (χ0n) is 23.7. The van der Waals surface area contributed by atoms with Crippen LogP contribution in [0.3, 0.4) is 0 Å². The van der Waals surface area contributed by atoms with Crippen molar-refractivity contribution in [3.05, 3.63) is 42.9 Å².